The monoisotopic (exact) mass is 357 g/mol. The molecule has 3 aromatic rings. The second kappa shape index (κ2) is 8.04. The zero-order chi connectivity index (χ0) is 16.8. The van der Waals surface area contributed by atoms with Gasteiger partial charge in [-0.1, -0.05) is 41.9 Å². The van der Waals surface area contributed by atoms with Gasteiger partial charge in [-0.25, -0.2) is 4.68 Å². The summed E-state index contributed by atoms with van der Waals surface area (Å²) in [5, 5.41) is 7.88. The zero-order valence-corrected chi connectivity index (χ0v) is 14.4. The van der Waals surface area contributed by atoms with Gasteiger partial charge in [-0.3, -0.25) is 4.79 Å². The van der Waals surface area contributed by atoms with E-state index in [9.17, 15) is 4.79 Å². The Bertz CT molecular complexity index is 820. The molecular weight excluding hydrogens is 342 g/mol. The number of thioether (sulfide) groups is 1. The molecule has 1 N–H and O–H groups in total. The number of benzene rings is 2. The van der Waals surface area contributed by atoms with Crippen LogP contribution in [-0.2, 0) is 10.5 Å². The summed E-state index contributed by atoms with van der Waals surface area (Å²) in [6.07, 6.45) is 1.82. The molecule has 0 aliphatic carbocycles. The van der Waals surface area contributed by atoms with Gasteiger partial charge in [0.25, 0.3) is 0 Å². The molecule has 3 rings (SSSR count). The first-order valence-electron chi connectivity index (χ1n) is 7.44. The molecule has 0 atom stereocenters. The number of aromatic nitrogens is 2. The molecular formula is C18H16ClN3OS. The predicted molar refractivity (Wildman–Crippen MR) is 99.8 cm³/mol. The number of halogens is 1. The number of anilines is 1. The van der Waals surface area contributed by atoms with Gasteiger partial charge >= 0.3 is 0 Å². The summed E-state index contributed by atoms with van der Waals surface area (Å²) >= 11 is 7.49. The molecule has 0 spiro atoms. The third-order valence-corrected chi connectivity index (χ3v) is 4.51. The number of para-hydroxylation sites is 1. The molecule has 2 aromatic carbocycles. The van der Waals surface area contributed by atoms with Crippen LogP contribution in [0.3, 0.4) is 0 Å². The first kappa shape index (κ1) is 16.6. The summed E-state index contributed by atoms with van der Waals surface area (Å²) in [5.41, 5.74) is 2.06. The molecule has 0 bridgehead atoms. The fraction of sp³-hybridized carbons (Fsp3) is 0.111. The van der Waals surface area contributed by atoms with Crippen LogP contribution in [0.15, 0.2) is 66.9 Å². The fourth-order valence-electron chi connectivity index (χ4n) is 2.18. The lowest BCUT2D eigenvalue weighted by Crippen LogP contribution is -2.14. The lowest BCUT2D eigenvalue weighted by Gasteiger charge is -2.04. The third-order valence-electron chi connectivity index (χ3n) is 3.27. The first-order chi connectivity index (χ1) is 11.7. The SMILES string of the molecule is O=C(CSCc1cccc(Cl)c1)Nc1ccn(-c2ccccc2)n1. The van der Waals surface area contributed by atoms with Crippen LogP contribution < -0.4 is 5.32 Å². The third kappa shape index (κ3) is 4.63. The molecule has 6 heteroatoms. The number of amides is 1. The topological polar surface area (TPSA) is 46.9 Å². The van der Waals surface area contributed by atoms with Gasteiger partial charge in [0.15, 0.2) is 5.82 Å². The van der Waals surface area contributed by atoms with Crippen molar-refractivity contribution >= 4 is 35.1 Å². The maximum atomic E-state index is 12.0. The largest absolute Gasteiger partial charge is 0.308 e. The molecule has 0 unspecified atom stereocenters. The fourth-order valence-corrected chi connectivity index (χ4v) is 3.17. The van der Waals surface area contributed by atoms with Gasteiger partial charge in [0.05, 0.1) is 11.4 Å². The van der Waals surface area contributed by atoms with Crippen LogP contribution in [0.2, 0.25) is 5.02 Å². The molecule has 0 saturated carbocycles. The Labute approximate surface area is 149 Å². The van der Waals surface area contributed by atoms with E-state index in [-0.39, 0.29) is 5.91 Å². The average molecular weight is 358 g/mol. The summed E-state index contributed by atoms with van der Waals surface area (Å²) < 4.78 is 1.73. The van der Waals surface area contributed by atoms with Gasteiger partial charge in [0.1, 0.15) is 0 Å². The number of carbonyl (C=O) groups is 1. The second-order valence-corrected chi connectivity index (χ2v) is 6.57. The Balaban J connectivity index is 1.49. The Kier molecular flexibility index (Phi) is 5.56. The van der Waals surface area contributed by atoms with E-state index >= 15 is 0 Å². The number of hydrogen-bond donors (Lipinski definition) is 1. The predicted octanol–water partition coefficient (Wildman–Crippen LogP) is 4.40. The molecule has 0 saturated heterocycles. The molecule has 0 aliphatic heterocycles. The maximum absolute atomic E-state index is 12.0. The van der Waals surface area contributed by atoms with Gasteiger partial charge < -0.3 is 5.32 Å². The van der Waals surface area contributed by atoms with E-state index in [1.54, 1.807) is 22.5 Å². The van der Waals surface area contributed by atoms with Crippen LogP contribution in [0.4, 0.5) is 5.82 Å². The van der Waals surface area contributed by atoms with Crippen molar-refractivity contribution in [3.05, 3.63) is 77.4 Å². The van der Waals surface area contributed by atoms with Gasteiger partial charge in [0.2, 0.25) is 5.91 Å². The molecule has 24 heavy (non-hydrogen) atoms. The second-order valence-electron chi connectivity index (χ2n) is 5.15. The van der Waals surface area contributed by atoms with Crippen molar-refractivity contribution in [2.24, 2.45) is 0 Å². The number of nitrogens with zero attached hydrogens (tertiary/aromatic N) is 2. The van der Waals surface area contributed by atoms with E-state index in [2.05, 4.69) is 10.4 Å². The number of carbonyl (C=O) groups excluding carboxylic acids is 1. The standard InChI is InChI=1S/C18H16ClN3OS/c19-15-6-4-5-14(11-15)12-24-13-18(23)20-17-9-10-22(21-17)16-7-2-1-3-8-16/h1-11H,12-13H2,(H,20,21,23). The minimum atomic E-state index is -0.0691. The van der Waals surface area contributed by atoms with Crippen LogP contribution >= 0.6 is 23.4 Å². The van der Waals surface area contributed by atoms with Gasteiger partial charge in [0, 0.05) is 23.0 Å². The molecule has 4 nitrogen and oxygen atoms in total. The van der Waals surface area contributed by atoms with Crippen LogP contribution in [0.1, 0.15) is 5.56 Å². The van der Waals surface area contributed by atoms with Crippen LogP contribution in [0.5, 0.6) is 0 Å². The van der Waals surface area contributed by atoms with E-state index in [4.69, 9.17) is 11.6 Å². The maximum Gasteiger partial charge on any atom is 0.235 e. The van der Waals surface area contributed by atoms with E-state index in [0.717, 1.165) is 17.0 Å². The van der Waals surface area contributed by atoms with Crippen molar-refractivity contribution in [3.8, 4) is 5.69 Å². The summed E-state index contributed by atoms with van der Waals surface area (Å²) in [7, 11) is 0. The summed E-state index contributed by atoms with van der Waals surface area (Å²) in [6.45, 7) is 0. The Morgan fingerprint density at radius 3 is 2.75 bits per heavy atom. The van der Waals surface area contributed by atoms with Crippen molar-refractivity contribution < 1.29 is 4.79 Å². The molecule has 0 fully saturated rings. The Morgan fingerprint density at radius 2 is 1.96 bits per heavy atom. The van der Waals surface area contributed by atoms with Gasteiger partial charge in [-0.2, -0.15) is 5.10 Å². The lowest BCUT2D eigenvalue weighted by atomic mass is 10.2. The van der Waals surface area contributed by atoms with Crippen LogP contribution in [0, 0.1) is 0 Å². The number of hydrogen-bond acceptors (Lipinski definition) is 3. The normalized spacial score (nSPS) is 10.5. The highest BCUT2D eigenvalue weighted by Crippen LogP contribution is 2.17. The van der Waals surface area contributed by atoms with E-state index < -0.39 is 0 Å². The van der Waals surface area contributed by atoms with E-state index in [1.807, 2.05) is 60.8 Å². The van der Waals surface area contributed by atoms with Crippen molar-refractivity contribution in [1.29, 1.82) is 0 Å². The van der Waals surface area contributed by atoms with Crippen molar-refractivity contribution in [3.63, 3.8) is 0 Å². The van der Waals surface area contributed by atoms with Gasteiger partial charge in [-0.15, -0.1) is 11.8 Å². The summed E-state index contributed by atoms with van der Waals surface area (Å²) in [6, 6.07) is 19.2. The minimum absolute atomic E-state index is 0.0691. The smallest absolute Gasteiger partial charge is 0.235 e. The van der Waals surface area contributed by atoms with Crippen LogP contribution in [-0.4, -0.2) is 21.4 Å². The van der Waals surface area contributed by atoms with Gasteiger partial charge in [-0.05, 0) is 29.8 Å². The highest BCUT2D eigenvalue weighted by molar-refractivity contribution is 7.99. The Morgan fingerprint density at radius 1 is 1.12 bits per heavy atom. The molecule has 1 amide bonds. The Hall–Kier alpha value is -2.24. The minimum Gasteiger partial charge on any atom is -0.308 e. The molecule has 1 heterocycles. The van der Waals surface area contributed by atoms with Crippen LogP contribution in [0.25, 0.3) is 5.69 Å². The molecule has 122 valence electrons. The molecule has 1 aromatic heterocycles. The highest BCUT2D eigenvalue weighted by atomic mass is 35.5. The van der Waals surface area contributed by atoms with Crippen molar-refractivity contribution in [1.82, 2.24) is 9.78 Å². The summed E-state index contributed by atoms with van der Waals surface area (Å²) in [4.78, 5) is 12.0. The van der Waals surface area contributed by atoms with Crippen molar-refractivity contribution in [2.45, 2.75) is 5.75 Å². The zero-order valence-electron chi connectivity index (χ0n) is 12.9. The quantitative estimate of drug-likeness (QED) is 0.711. The lowest BCUT2D eigenvalue weighted by molar-refractivity contribution is -0.113. The van der Waals surface area contributed by atoms with E-state index in [1.165, 1.54) is 0 Å². The highest BCUT2D eigenvalue weighted by Gasteiger charge is 2.06. The van der Waals surface area contributed by atoms with Crippen molar-refractivity contribution in [2.75, 3.05) is 11.1 Å². The molecule has 0 aliphatic rings. The van der Waals surface area contributed by atoms with E-state index in [0.29, 0.717) is 16.6 Å². The number of nitrogens with one attached hydrogen (secondary N) is 1. The first-order valence-corrected chi connectivity index (χ1v) is 8.97. The average Bonchev–Trinajstić information content (AvgIpc) is 3.04. The molecule has 0 radical (unpaired) electrons. The number of rotatable bonds is 6. The summed E-state index contributed by atoms with van der Waals surface area (Å²) in [5.74, 6) is 1.59.